The highest BCUT2D eigenvalue weighted by atomic mass is 32.2. The number of esters is 2. The standard InChI is InChI=1S/C13H20O5S/c1-9(2)12(14)17-10(3)13(15)18-11-8-19-7-5-4-6-16-11/h10-11H,1,4-8H2,2-3H3. The van der Waals surface area contributed by atoms with Crippen LogP contribution in [-0.4, -0.2) is 42.4 Å². The van der Waals surface area contributed by atoms with Gasteiger partial charge >= 0.3 is 11.9 Å². The van der Waals surface area contributed by atoms with E-state index in [1.54, 1.807) is 11.8 Å². The molecule has 0 amide bonds. The molecule has 0 aromatic heterocycles. The lowest BCUT2D eigenvalue weighted by Gasteiger charge is -2.22. The van der Waals surface area contributed by atoms with Crippen LogP contribution in [0.25, 0.3) is 0 Å². The zero-order valence-electron chi connectivity index (χ0n) is 11.3. The van der Waals surface area contributed by atoms with E-state index in [0.717, 1.165) is 18.6 Å². The van der Waals surface area contributed by atoms with E-state index in [-0.39, 0.29) is 5.57 Å². The third-order valence-electron chi connectivity index (χ3n) is 2.45. The van der Waals surface area contributed by atoms with Gasteiger partial charge in [0.2, 0.25) is 6.29 Å². The van der Waals surface area contributed by atoms with Gasteiger partial charge in [0, 0.05) is 5.57 Å². The molecule has 1 heterocycles. The maximum absolute atomic E-state index is 11.7. The molecule has 1 rings (SSSR count). The van der Waals surface area contributed by atoms with Crippen molar-refractivity contribution in [1.29, 1.82) is 0 Å². The van der Waals surface area contributed by atoms with E-state index in [1.807, 2.05) is 0 Å². The quantitative estimate of drug-likeness (QED) is 0.581. The normalized spacial score (nSPS) is 21.7. The first-order valence-electron chi connectivity index (χ1n) is 6.27. The van der Waals surface area contributed by atoms with Gasteiger partial charge in [-0.25, -0.2) is 9.59 Å². The molecular weight excluding hydrogens is 268 g/mol. The molecule has 1 aliphatic rings. The van der Waals surface area contributed by atoms with Gasteiger partial charge in [-0.3, -0.25) is 0 Å². The molecule has 2 unspecified atom stereocenters. The van der Waals surface area contributed by atoms with Crippen LogP contribution in [0.4, 0.5) is 0 Å². The van der Waals surface area contributed by atoms with Gasteiger partial charge in [-0.15, -0.1) is 0 Å². The molecule has 1 fully saturated rings. The number of carbonyl (C=O) groups is 2. The first-order valence-corrected chi connectivity index (χ1v) is 7.42. The van der Waals surface area contributed by atoms with Gasteiger partial charge < -0.3 is 14.2 Å². The summed E-state index contributed by atoms with van der Waals surface area (Å²) in [4.78, 5) is 23.0. The summed E-state index contributed by atoms with van der Waals surface area (Å²) in [5.74, 6) is 0.447. The van der Waals surface area contributed by atoms with Crippen molar-refractivity contribution in [3.63, 3.8) is 0 Å². The second-order valence-corrected chi connectivity index (χ2v) is 5.50. The molecule has 19 heavy (non-hydrogen) atoms. The predicted octanol–water partition coefficient (Wildman–Crippen LogP) is 1.91. The summed E-state index contributed by atoms with van der Waals surface area (Å²) >= 11 is 1.69. The summed E-state index contributed by atoms with van der Waals surface area (Å²) in [6.07, 6.45) is 0.547. The van der Waals surface area contributed by atoms with E-state index in [1.165, 1.54) is 13.8 Å². The molecule has 0 aromatic carbocycles. The molecule has 1 aliphatic heterocycles. The van der Waals surface area contributed by atoms with Crippen LogP contribution in [0, 0.1) is 0 Å². The van der Waals surface area contributed by atoms with Gasteiger partial charge in [-0.1, -0.05) is 6.58 Å². The average molecular weight is 288 g/mol. The van der Waals surface area contributed by atoms with E-state index in [2.05, 4.69) is 6.58 Å². The van der Waals surface area contributed by atoms with Gasteiger partial charge in [0.05, 0.1) is 12.4 Å². The van der Waals surface area contributed by atoms with Gasteiger partial charge in [-0.05, 0) is 32.4 Å². The van der Waals surface area contributed by atoms with Crippen LogP contribution < -0.4 is 0 Å². The zero-order chi connectivity index (χ0) is 14.3. The summed E-state index contributed by atoms with van der Waals surface area (Å²) in [6.45, 7) is 7.03. The second kappa shape index (κ2) is 8.22. The molecule has 0 spiro atoms. The van der Waals surface area contributed by atoms with Crippen LogP contribution in [0.3, 0.4) is 0 Å². The fraction of sp³-hybridized carbons (Fsp3) is 0.692. The Bertz CT molecular complexity index is 334. The van der Waals surface area contributed by atoms with Gasteiger partial charge in [-0.2, -0.15) is 11.8 Å². The van der Waals surface area contributed by atoms with Crippen LogP contribution >= 0.6 is 11.8 Å². The van der Waals surface area contributed by atoms with Gasteiger partial charge in [0.1, 0.15) is 0 Å². The average Bonchev–Trinajstić information content (AvgIpc) is 2.31. The van der Waals surface area contributed by atoms with E-state index in [9.17, 15) is 9.59 Å². The molecule has 2 atom stereocenters. The minimum atomic E-state index is -0.955. The maximum Gasteiger partial charge on any atom is 0.349 e. The lowest BCUT2D eigenvalue weighted by Crippen LogP contribution is -2.33. The third kappa shape index (κ3) is 6.11. The Hall–Kier alpha value is -1.01. The first kappa shape index (κ1) is 16.0. The molecule has 108 valence electrons. The Morgan fingerprint density at radius 3 is 2.84 bits per heavy atom. The summed E-state index contributed by atoms with van der Waals surface area (Å²) in [7, 11) is 0. The van der Waals surface area contributed by atoms with E-state index in [4.69, 9.17) is 14.2 Å². The van der Waals surface area contributed by atoms with Gasteiger partial charge in [0.25, 0.3) is 0 Å². The lowest BCUT2D eigenvalue weighted by atomic mass is 10.3. The summed E-state index contributed by atoms with van der Waals surface area (Å²) in [5, 5.41) is 0. The zero-order valence-corrected chi connectivity index (χ0v) is 12.2. The Labute approximate surface area is 117 Å². The minimum Gasteiger partial charge on any atom is -0.447 e. The molecular formula is C13H20O5S. The molecule has 0 saturated carbocycles. The number of carbonyl (C=O) groups excluding carboxylic acids is 2. The summed E-state index contributed by atoms with van der Waals surface area (Å²) < 4.78 is 15.5. The molecule has 0 aliphatic carbocycles. The highest BCUT2D eigenvalue weighted by Gasteiger charge is 2.24. The van der Waals surface area contributed by atoms with Gasteiger partial charge in [0.15, 0.2) is 6.10 Å². The van der Waals surface area contributed by atoms with Crippen molar-refractivity contribution in [2.24, 2.45) is 0 Å². The van der Waals surface area contributed by atoms with Crippen molar-refractivity contribution in [3.05, 3.63) is 12.2 Å². The van der Waals surface area contributed by atoms with Crippen LogP contribution in [0.15, 0.2) is 12.2 Å². The molecule has 5 nitrogen and oxygen atoms in total. The Kier molecular flexibility index (Phi) is 6.94. The number of hydrogen-bond acceptors (Lipinski definition) is 6. The van der Waals surface area contributed by atoms with Crippen molar-refractivity contribution >= 4 is 23.7 Å². The van der Waals surface area contributed by atoms with Crippen molar-refractivity contribution in [3.8, 4) is 0 Å². The fourth-order valence-corrected chi connectivity index (χ4v) is 2.28. The van der Waals surface area contributed by atoms with Crippen molar-refractivity contribution in [2.75, 3.05) is 18.1 Å². The molecule has 6 heteroatoms. The van der Waals surface area contributed by atoms with Crippen molar-refractivity contribution < 1.29 is 23.8 Å². The lowest BCUT2D eigenvalue weighted by molar-refractivity contribution is -0.187. The van der Waals surface area contributed by atoms with E-state index in [0.29, 0.717) is 12.4 Å². The number of thioether (sulfide) groups is 1. The highest BCUT2D eigenvalue weighted by molar-refractivity contribution is 7.99. The highest BCUT2D eigenvalue weighted by Crippen LogP contribution is 2.15. The van der Waals surface area contributed by atoms with E-state index >= 15 is 0 Å². The second-order valence-electron chi connectivity index (χ2n) is 4.35. The number of ether oxygens (including phenoxy) is 3. The number of rotatable bonds is 4. The fourth-order valence-electron chi connectivity index (χ4n) is 1.35. The first-order chi connectivity index (χ1) is 9.00. The third-order valence-corrected chi connectivity index (χ3v) is 3.54. The monoisotopic (exact) mass is 288 g/mol. The molecule has 0 bridgehead atoms. The summed E-state index contributed by atoms with van der Waals surface area (Å²) in [6, 6.07) is 0. The van der Waals surface area contributed by atoms with Crippen LogP contribution in [0.2, 0.25) is 0 Å². The summed E-state index contributed by atoms with van der Waals surface area (Å²) in [5.41, 5.74) is 0.248. The Morgan fingerprint density at radius 2 is 2.16 bits per heavy atom. The SMILES string of the molecule is C=C(C)C(=O)OC(C)C(=O)OC1CSCCCCO1. The molecule has 1 saturated heterocycles. The smallest absolute Gasteiger partial charge is 0.349 e. The van der Waals surface area contributed by atoms with Crippen LogP contribution in [0.1, 0.15) is 26.7 Å². The number of hydrogen-bond donors (Lipinski definition) is 0. The molecule has 0 radical (unpaired) electrons. The van der Waals surface area contributed by atoms with Crippen molar-refractivity contribution in [2.45, 2.75) is 39.1 Å². The Morgan fingerprint density at radius 1 is 1.42 bits per heavy atom. The van der Waals surface area contributed by atoms with Crippen LogP contribution in [0.5, 0.6) is 0 Å². The minimum absolute atomic E-state index is 0.248. The van der Waals surface area contributed by atoms with Crippen molar-refractivity contribution in [1.82, 2.24) is 0 Å². The Balaban J connectivity index is 2.39. The predicted molar refractivity (Wildman–Crippen MR) is 72.8 cm³/mol. The van der Waals surface area contributed by atoms with E-state index < -0.39 is 24.3 Å². The maximum atomic E-state index is 11.7. The molecule has 0 aromatic rings. The topological polar surface area (TPSA) is 61.8 Å². The molecule has 0 N–H and O–H groups in total. The van der Waals surface area contributed by atoms with Crippen LogP contribution in [-0.2, 0) is 23.8 Å². The largest absolute Gasteiger partial charge is 0.447 e.